The van der Waals surface area contributed by atoms with Gasteiger partial charge in [0.1, 0.15) is 12.6 Å². The van der Waals surface area contributed by atoms with Gasteiger partial charge in [-0.15, -0.1) is 0 Å². The molecule has 0 saturated heterocycles. The molecule has 0 unspecified atom stereocenters. The normalized spacial score (nSPS) is 12.2. The molecule has 0 fully saturated rings. The zero-order valence-electron chi connectivity index (χ0n) is 24.6. The van der Waals surface area contributed by atoms with E-state index >= 15 is 0 Å². The lowest BCUT2D eigenvalue weighted by Gasteiger charge is -2.29. The van der Waals surface area contributed by atoms with Gasteiger partial charge in [-0.3, -0.25) is 33.8 Å². The van der Waals surface area contributed by atoms with Gasteiger partial charge in [-0.05, 0) is 44.2 Å². The summed E-state index contributed by atoms with van der Waals surface area (Å²) in [5.41, 5.74) is 0.801. The van der Waals surface area contributed by atoms with Crippen LogP contribution in [-0.2, 0) is 40.1 Å². The van der Waals surface area contributed by atoms with Crippen molar-refractivity contribution < 1.29 is 63.8 Å². The fraction of sp³-hybridized carbons (Fsp3) is 0.536. The number of amides is 2. The van der Waals surface area contributed by atoms with E-state index in [1.54, 1.807) is 24.3 Å². The summed E-state index contributed by atoms with van der Waals surface area (Å²) in [5, 5.41) is 51.1. The lowest BCUT2D eigenvalue weighted by Crippen LogP contribution is -2.54. The molecule has 0 heterocycles. The fourth-order valence-corrected chi connectivity index (χ4v) is 4.34. The number of alkyl carbamates (subject to hydrolysis) is 1. The largest absolute Gasteiger partial charge is 0.480 e. The Hall–Kier alpha value is -4.77. The number of rotatable bonds is 24. The first-order valence-electron chi connectivity index (χ1n) is 14.1. The van der Waals surface area contributed by atoms with Crippen LogP contribution in [0, 0.1) is 0 Å². The lowest BCUT2D eigenvalue weighted by molar-refractivity contribution is -0.147. The zero-order chi connectivity index (χ0) is 33.8. The van der Waals surface area contributed by atoms with Crippen LogP contribution in [0.25, 0.3) is 0 Å². The first kappa shape index (κ1) is 38.3. The van der Waals surface area contributed by atoms with Crippen LogP contribution in [0.3, 0.4) is 0 Å². The molecule has 0 aliphatic carbocycles. The number of nitrogens with one attached hydrogen (secondary N) is 2. The maximum Gasteiger partial charge on any atom is 0.407 e. The summed E-state index contributed by atoms with van der Waals surface area (Å²) in [4.78, 5) is 83.8. The molecule has 0 aromatic heterocycles. The second kappa shape index (κ2) is 21.0. The summed E-state index contributed by atoms with van der Waals surface area (Å²) >= 11 is 0. The van der Waals surface area contributed by atoms with Crippen molar-refractivity contribution in [3.8, 4) is 0 Å². The Kier molecular flexibility index (Phi) is 17.9. The predicted octanol–water partition coefficient (Wildman–Crippen LogP) is 0.134. The topological polar surface area (TPSA) is 260 Å². The van der Waals surface area contributed by atoms with Gasteiger partial charge in [0.2, 0.25) is 5.91 Å². The fourth-order valence-electron chi connectivity index (χ4n) is 4.34. The van der Waals surface area contributed by atoms with Crippen molar-refractivity contribution in [2.45, 2.75) is 57.2 Å². The van der Waals surface area contributed by atoms with Crippen molar-refractivity contribution in [2.24, 2.45) is 0 Å². The number of nitrogens with zero attached hydrogens (tertiary/aromatic N) is 2. The molecule has 45 heavy (non-hydrogen) atoms. The quantitative estimate of drug-likeness (QED) is 0.0741. The number of benzene rings is 1. The highest BCUT2D eigenvalue weighted by Crippen LogP contribution is 2.13. The summed E-state index contributed by atoms with van der Waals surface area (Å²) in [6.45, 7) is -2.52. The molecule has 0 aliphatic rings. The molecule has 2 atom stereocenters. The Balaban J connectivity index is 2.76. The van der Waals surface area contributed by atoms with Crippen LogP contribution in [0.5, 0.6) is 0 Å². The van der Waals surface area contributed by atoms with Gasteiger partial charge in [0.05, 0.1) is 32.2 Å². The summed E-state index contributed by atoms with van der Waals surface area (Å²) < 4.78 is 5.09. The van der Waals surface area contributed by atoms with Crippen molar-refractivity contribution in [2.75, 3.05) is 39.3 Å². The van der Waals surface area contributed by atoms with Crippen LogP contribution in [0.15, 0.2) is 30.3 Å². The second-order valence-electron chi connectivity index (χ2n) is 10.1. The molecule has 0 spiro atoms. The van der Waals surface area contributed by atoms with Gasteiger partial charge in [0.25, 0.3) is 0 Å². The Morgan fingerprint density at radius 1 is 0.711 bits per heavy atom. The highest BCUT2D eigenvalue weighted by molar-refractivity contribution is 5.88. The molecule has 0 saturated carbocycles. The van der Waals surface area contributed by atoms with Gasteiger partial charge < -0.3 is 40.9 Å². The minimum absolute atomic E-state index is 0.0103. The zero-order valence-corrected chi connectivity index (χ0v) is 24.6. The van der Waals surface area contributed by atoms with Crippen LogP contribution >= 0.6 is 0 Å². The third-order valence-electron chi connectivity index (χ3n) is 6.36. The monoisotopic (exact) mass is 640 g/mol. The van der Waals surface area contributed by atoms with Gasteiger partial charge in [0, 0.05) is 6.54 Å². The van der Waals surface area contributed by atoms with Gasteiger partial charge in [-0.2, -0.15) is 0 Å². The number of carbonyl (C=O) groups is 7. The average molecular weight is 641 g/mol. The van der Waals surface area contributed by atoms with E-state index in [1.165, 1.54) is 0 Å². The van der Waals surface area contributed by atoms with Gasteiger partial charge >= 0.3 is 35.9 Å². The predicted molar refractivity (Wildman–Crippen MR) is 154 cm³/mol. The van der Waals surface area contributed by atoms with E-state index in [9.17, 15) is 48.9 Å². The average Bonchev–Trinajstić information content (AvgIpc) is 2.94. The molecule has 17 heteroatoms. The van der Waals surface area contributed by atoms with Crippen LogP contribution in [-0.4, -0.2) is 129 Å². The maximum absolute atomic E-state index is 13.2. The molecule has 0 radical (unpaired) electrons. The van der Waals surface area contributed by atoms with Crippen molar-refractivity contribution in [3.05, 3.63) is 35.9 Å². The third-order valence-corrected chi connectivity index (χ3v) is 6.36. The molecular weight excluding hydrogens is 600 g/mol. The van der Waals surface area contributed by atoms with Gasteiger partial charge in [-0.25, -0.2) is 9.59 Å². The molecule has 7 N–H and O–H groups in total. The van der Waals surface area contributed by atoms with Crippen LogP contribution in [0.1, 0.15) is 44.1 Å². The van der Waals surface area contributed by atoms with Gasteiger partial charge in [0.15, 0.2) is 0 Å². The number of carboxylic acid groups (broad SMARTS) is 5. The molecule has 1 aromatic carbocycles. The number of ether oxygens (including phenoxy) is 1. The highest BCUT2D eigenvalue weighted by Gasteiger charge is 2.31. The Morgan fingerprint density at radius 3 is 1.80 bits per heavy atom. The van der Waals surface area contributed by atoms with E-state index in [2.05, 4.69) is 10.6 Å². The Labute approximate surface area is 258 Å². The van der Waals surface area contributed by atoms with Crippen LogP contribution in [0.4, 0.5) is 4.79 Å². The van der Waals surface area contributed by atoms with E-state index < -0.39 is 80.1 Å². The minimum atomic E-state index is -1.42. The number of hydrogen-bond acceptors (Lipinski definition) is 10. The van der Waals surface area contributed by atoms with E-state index in [0.29, 0.717) is 6.42 Å². The number of carbonyl (C=O) groups excluding carboxylic acids is 2. The standard InChI is InChI=1S/C28H40N4O13/c33-22(34)14-31(15-23(35)36)13-7-5-11-21(32(16-24(37)38)17-25(39)40)26(41)30-20(27(42)43)10-4-6-12-29-28(44)45-18-19-8-2-1-3-9-19/h1-3,8-9,20-21H,4-7,10-18H2,(H,29,44)(H,30,41)(H,33,34)(H,35,36)(H,37,38)(H,39,40)(H,42,43)/t20-,21-/m0/s1. The van der Waals surface area contributed by atoms with E-state index in [4.69, 9.17) is 14.9 Å². The van der Waals surface area contributed by atoms with Gasteiger partial charge in [-0.1, -0.05) is 36.8 Å². The molecule has 0 aliphatic heterocycles. The first-order chi connectivity index (χ1) is 21.3. The van der Waals surface area contributed by atoms with Crippen molar-refractivity contribution in [1.29, 1.82) is 0 Å². The van der Waals surface area contributed by atoms with Crippen molar-refractivity contribution in [3.63, 3.8) is 0 Å². The Bertz CT molecular complexity index is 1120. The second-order valence-corrected chi connectivity index (χ2v) is 10.1. The smallest absolute Gasteiger partial charge is 0.407 e. The number of carboxylic acids is 5. The van der Waals surface area contributed by atoms with E-state index in [-0.39, 0.29) is 51.8 Å². The molecule has 1 rings (SSSR count). The van der Waals surface area contributed by atoms with E-state index in [0.717, 1.165) is 15.4 Å². The Morgan fingerprint density at radius 2 is 1.27 bits per heavy atom. The van der Waals surface area contributed by atoms with Crippen LogP contribution < -0.4 is 10.6 Å². The summed E-state index contributed by atoms with van der Waals surface area (Å²) in [5.74, 6) is -7.64. The molecular formula is C28H40N4O13. The first-order valence-corrected chi connectivity index (χ1v) is 14.1. The molecule has 1 aromatic rings. The number of aliphatic carboxylic acids is 5. The molecule has 17 nitrogen and oxygen atoms in total. The highest BCUT2D eigenvalue weighted by atomic mass is 16.5. The summed E-state index contributed by atoms with van der Waals surface area (Å²) in [6, 6.07) is 6.24. The molecule has 0 bridgehead atoms. The van der Waals surface area contributed by atoms with Crippen molar-refractivity contribution >= 4 is 41.8 Å². The molecule has 2 amide bonds. The maximum atomic E-state index is 13.2. The molecule has 250 valence electrons. The van der Waals surface area contributed by atoms with E-state index in [1.807, 2.05) is 6.07 Å². The van der Waals surface area contributed by atoms with Crippen LogP contribution in [0.2, 0.25) is 0 Å². The summed E-state index contributed by atoms with van der Waals surface area (Å²) in [6.07, 6.45) is 0.0903. The minimum Gasteiger partial charge on any atom is -0.480 e. The summed E-state index contributed by atoms with van der Waals surface area (Å²) in [7, 11) is 0. The number of hydrogen-bond donors (Lipinski definition) is 7. The third kappa shape index (κ3) is 17.8. The number of unbranched alkanes of at least 4 members (excludes halogenated alkanes) is 2. The lowest BCUT2D eigenvalue weighted by atomic mass is 10.0. The van der Waals surface area contributed by atoms with Crippen molar-refractivity contribution in [1.82, 2.24) is 20.4 Å². The SMILES string of the molecule is O=C(O)CN(CCCC[C@@H](C(=O)N[C@@H](CCCCNC(=O)OCc1ccccc1)C(=O)O)N(CC(=O)O)CC(=O)O)CC(=O)O.